The van der Waals surface area contributed by atoms with Crippen LogP contribution in [-0.2, 0) is 14.8 Å². The number of carbonyl (C=O) groups is 1. The smallest absolute Gasteiger partial charge is 0.243 e. The second-order valence-electron chi connectivity index (χ2n) is 5.90. The van der Waals surface area contributed by atoms with Gasteiger partial charge >= 0.3 is 0 Å². The minimum atomic E-state index is -3.60. The van der Waals surface area contributed by atoms with Crippen LogP contribution in [-0.4, -0.2) is 54.7 Å². The molecule has 1 aliphatic heterocycles. The highest BCUT2D eigenvalue weighted by atomic mass is 32.2. The van der Waals surface area contributed by atoms with E-state index in [4.69, 9.17) is 4.42 Å². The van der Waals surface area contributed by atoms with Crippen molar-refractivity contribution in [2.24, 2.45) is 0 Å². The van der Waals surface area contributed by atoms with Gasteiger partial charge in [-0.3, -0.25) is 4.79 Å². The van der Waals surface area contributed by atoms with E-state index in [9.17, 15) is 13.2 Å². The largest absolute Gasteiger partial charge is 0.441 e. The van der Waals surface area contributed by atoms with Gasteiger partial charge in [0.2, 0.25) is 15.9 Å². The molecule has 24 heavy (non-hydrogen) atoms. The maximum atomic E-state index is 12.8. The summed E-state index contributed by atoms with van der Waals surface area (Å²) in [6, 6.07) is 4.72. The molecule has 1 saturated heterocycles. The fraction of sp³-hybridized carbons (Fsp3) is 0.500. The van der Waals surface area contributed by atoms with Gasteiger partial charge in [0.1, 0.15) is 5.52 Å². The number of rotatable bonds is 4. The third-order valence-electron chi connectivity index (χ3n) is 4.16. The molecule has 0 spiro atoms. The van der Waals surface area contributed by atoms with Gasteiger partial charge in [0.25, 0.3) is 0 Å². The lowest BCUT2D eigenvalue weighted by Gasteiger charge is -2.34. The van der Waals surface area contributed by atoms with Crippen LogP contribution in [0.2, 0.25) is 0 Å². The fourth-order valence-corrected chi connectivity index (χ4v) is 4.32. The molecule has 1 fully saturated rings. The van der Waals surface area contributed by atoms with Crippen LogP contribution in [0.3, 0.4) is 0 Å². The third-order valence-corrected chi connectivity index (χ3v) is 6.05. The molecule has 7 nitrogen and oxygen atoms in total. The highest BCUT2D eigenvalue weighted by Crippen LogP contribution is 2.23. The first kappa shape index (κ1) is 16.9. The summed E-state index contributed by atoms with van der Waals surface area (Å²) in [6.07, 6.45) is 1.31. The number of hydrogen-bond acceptors (Lipinski definition) is 5. The van der Waals surface area contributed by atoms with Crippen LogP contribution < -0.4 is 0 Å². The number of fused-ring (bicyclic) bond motifs is 1. The predicted molar refractivity (Wildman–Crippen MR) is 89.0 cm³/mol. The average Bonchev–Trinajstić information content (AvgIpc) is 2.94. The van der Waals surface area contributed by atoms with Gasteiger partial charge in [-0.25, -0.2) is 13.4 Å². The zero-order valence-electron chi connectivity index (χ0n) is 13.9. The van der Waals surface area contributed by atoms with E-state index in [1.54, 1.807) is 24.0 Å². The van der Waals surface area contributed by atoms with Gasteiger partial charge < -0.3 is 9.32 Å². The summed E-state index contributed by atoms with van der Waals surface area (Å²) < 4.78 is 32.4. The van der Waals surface area contributed by atoms with E-state index in [1.165, 1.54) is 10.4 Å². The summed E-state index contributed by atoms with van der Waals surface area (Å²) >= 11 is 0. The molecule has 0 bridgehead atoms. The Hall–Kier alpha value is -1.93. The van der Waals surface area contributed by atoms with Gasteiger partial charge in [-0.1, -0.05) is 6.92 Å². The second-order valence-corrected chi connectivity index (χ2v) is 7.84. The number of hydrogen-bond donors (Lipinski definition) is 0. The molecular weight excluding hydrogens is 330 g/mol. The van der Waals surface area contributed by atoms with E-state index in [2.05, 4.69) is 4.98 Å². The number of amides is 1. The highest BCUT2D eigenvalue weighted by Gasteiger charge is 2.30. The van der Waals surface area contributed by atoms with E-state index in [1.807, 2.05) is 6.92 Å². The highest BCUT2D eigenvalue weighted by molar-refractivity contribution is 7.89. The first-order valence-corrected chi connectivity index (χ1v) is 9.51. The Morgan fingerprint density at radius 3 is 2.62 bits per heavy atom. The SMILES string of the molecule is CCCC(=O)N1CCN(S(=O)(=O)c2ccc3nc(C)oc3c2)CC1. The molecule has 0 N–H and O–H groups in total. The van der Waals surface area contributed by atoms with Crippen LogP contribution in [0.5, 0.6) is 0 Å². The van der Waals surface area contributed by atoms with Crippen LogP contribution >= 0.6 is 0 Å². The molecule has 2 aromatic rings. The number of sulfonamides is 1. The van der Waals surface area contributed by atoms with E-state index >= 15 is 0 Å². The molecule has 1 amide bonds. The Labute approximate surface area is 141 Å². The lowest BCUT2D eigenvalue weighted by molar-refractivity contribution is -0.132. The number of oxazole rings is 1. The van der Waals surface area contributed by atoms with Crippen molar-refractivity contribution in [3.63, 3.8) is 0 Å². The van der Waals surface area contributed by atoms with E-state index < -0.39 is 10.0 Å². The molecule has 0 saturated carbocycles. The summed E-state index contributed by atoms with van der Waals surface area (Å²) in [5.74, 6) is 0.593. The van der Waals surface area contributed by atoms with Crippen molar-refractivity contribution in [1.82, 2.24) is 14.2 Å². The van der Waals surface area contributed by atoms with Crippen molar-refractivity contribution >= 4 is 27.0 Å². The van der Waals surface area contributed by atoms with Gasteiger partial charge in [0, 0.05) is 45.6 Å². The quantitative estimate of drug-likeness (QED) is 0.838. The minimum absolute atomic E-state index is 0.0908. The van der Waals surface area contributed by atoms with Gasteiger partial charge in [-0.05, 0) is 18.6 Å². The lowest BCUT2D eigenvalue weighted by atomic mass is 10.2. The van der Waals surface area contributed by atoms with E-state index in [-0.39, 0.29) is 10.8 Å². The number of aromatic nitrogens is 1. The molecule has 130 valence electrons. The molecule has 0 unspecified atom stereocenters. The molecule has 0 aliphatic carbocycles. The van der Waals surface area contributed by atoms with Crippen molar-refractivity contribution in [3.8, 4) is 0 Å². The normalized spacial score (nSPS) is 16.7. The van der Waals surface area contributed by atoms with Crippen LogP contribution in [0.15, 0.2) is 27.5 Å². The fourth-order valence-electron chi connectivity index (χ4n) is 2.88. The zero-order valence-corrected chi connectivity index (χ0v) is 14.7. The monoisotopic (exact) mass is 351 g/mol. The lowest BCUT2D eigenvalue weighted by Crippen LogP contribution is -2.50. The molecule has 1 aromatic heterocycles. The number of nitrogens with zero attached hydrogens (tertiary/aromatic N) is 3. The Morgan fingerprint density at radius 1 is 1.25 bits per heavy atom. The third kappa shape index (κ3) is 3.16. The van der Waals surface area contributed by atoms with Crippen molar-refractivity contribution in [2.75, 3.05) is 26.2 Å². The molecule has 0 atom stereocenters. The molecule has 1 aromatic carbocycles. The molecule has 8 heteroatoms. The first-order chi connectivity index (χ1) is 11.4. The molecule has 0 radical (unpaired) electrons. The summed E-state index contributed by atoms with van der Waals surface area (Å²) in [5, 5.41) is 0. The van der Waals surface area contributed by atoms with Gasteiger partial charge in [-0.2, -0.15) is 4.31 Å². The van der Waals surface area contributed by atoms with Gasteiger partial charge in [-0.15, -0.1) is 0 Å². The zero-order chi connectivity index (χ0) is 17.3. The standard InChI is InChI=1S/C16H21N3O4S/c1-3-4-16(20)18-7-9-19(10-8-18)24(21,22)13-5-6-14-15(11-13)23-12(2)17-14/h5-6,11H,3-4,7-10H2,1-2H3. The molecular formula is C16H21N3O4S. The van der Waals surface area contributed by atoms with Crippen molar-refractivity contribution < 1.29 is 17.6 Å². The molecule has 3 rings (SSSR count). The van der Waals surface area contributed by atoms with E-state index in [0.717, 1.165) is 6.42 Å². The Morgan fingerprint density at radius 2 is 1.96 bits per heavy atom. The maximum Gasteiger partial charge on any atom is 0.243 e. The van der Waals surface area contributed by atoms with Gasteiger partial charge in [0.15, 0.2) is 11.5 Å². The van der Waals surface area contributed by atoms with Crippen molar-refractivity contribution in [3.05, 3.63) is 24.1 Å². The Balaban J connectivity index is 1.77. The number of benzene rings is 1. The van der Waals surface area contributed by atoms with Crippen LogP contribution in [0.1, 0.15) is 25.7 Å². The van der Waals surface area contributed by atoms with Crippen LogP contribution in [0, 0.1) is 6.92 Å². The Bertz CT molecular complexity index is 851. The van der Waals surface area contributed by atoms with Crippen molar-refractivity contribution in [1.29, 1.82) is 0 Å². The summed E-state index contributed by atoms with van der Waals surface area (Å²) in [7, 11) is -3.60. The molecule has 2 heterocycles. The molecule has 1 aliphatic rings. The number of carbonyl (C=O) groups excluding carboxylic acids is 1. The number of aryl methyl sites for hydroxylation is 1. The first-order valence-electron chi connectivity index (χ1n) is 8.07. The van der Waals surface area contributed by atoms with Crippen molar-refractivity contribution in [2.45, 2.75) is 31.6 Å². The average molecular weight is 351 g/mol. The number of piperazine rings is 1. The van der Waals surface area contributed by atoms with Crippen LogP contribution in [0.25, 0.3) is 11.1 Å². The minimum Gasteiger partial charge on any atom is -0.441 e. The van der Waals surface area contributed by atoms with E-state index in [0.29, 0.717) is 49.6 Å². The maximum absolute atomic E-state index is 12.8. The summed E-state index contributed by atoms with van der Waals surface area (Å²) in [5.41, 5.74) is 1.10. The topological polar surface area (TPSA) is 83.7 Å². The summed E-state index contributed by atoms with van der Waals surface area (Å²) in [6.45, 7) is 5.17. The summed E-state index contributed by atoms with van der Waals surface area (Å²) in [4.78, 5) is 18.0. The second kappa shape index (κ2) is 6.52. The Kier molecular flexibility index (Phi) is 4.60. The van der Waals surface area contributed by atoms with Crippen LogP contribution in [0.4, 0.5) is 0 Å². The van der Waals surface area contributed by atoms with Gasteiger partial charge in [0.05, 0.1) is 4.90 Å². The predicted octanol–water partition coefficient (Wildman–Crippen LogP) is 1.77.